The van der Waals surface area contributed by atoms with E-state index >= 15 is 0 Å². The third-order valence-electron chi connectivity index (χ3n) is 4.50. The summed E-state index contributed by atoms with van der Waals surface area (Å²) in [7, 11) is 1.20. The molecule has 0 saturated heterocycles. The van der Waals surface area contributed by atoms with Gasteiger partial charge >= 0.3 is 0 Å². The number of hydrogen-bond acceptors (Lipinski definition) is 7. The van der Waals surface area contributed by atoms with Crippen molar-refractivity contribution >= 4 is 29.3 Å². The lowest BCUT2D eigenvalue weighted by Gasteiger charge is -2.28. The van der Waals surface area contributed by atoms with Crippen LogP contribution < -0.4 is 10.6 Å². The molecule has 9 heteroatoms. The fourth-order valence-corrected chi connectivity index (χ4v) is 3.84. The molecule has 8 nitrogen and oxygen atoms in total. The number of thioether (sulfide) groups is 1. The Morgan fingerprint density at radius 3 is 2.57 bits per heavy atom. The first-order valence-corrected chi connectivity index (χ1v) is 10.6. The van der Waals surface area contributed by atoms with Gasteiger partial charge < -0.3 is 30.7 Å². The van der Waals surface area contributed by atoms with Gasteiger partial charge in [0.15, 0.2) is 6.10 Å². The van der Waals surface area contributed by atoms with Crippen LogP contribution in [0.2, 0.25) is 0 Å². The summed E-state index contributed by atoms with van der Waals surface area (Å²) >= 11 is 1.41. The van der Waals surface area contributed by atoms with Crippen molar-refractivity contribution in [2.75, 3.05) is 18.2 Å². The molecule has 1 aliphatic heterocycles. The number of aliphatic hydroxyl groups excluding tert-OH is 3. The van der Waals surface area contributed by atoms with Crippen LogP contribution in [0.1, 0.15) is 20.8 Å². The van der Waals surface area contributed by atoms with Gasteiger partial charge in [-0.1, -0.05) is 45.1 Å². The highest BCUT2D eigenvalue weighted by Gasteiger charge is 2.37. The van der Waals surface area contributed by atoms with Gasteiger partial charge in [-0.15, -0.1) is 11.8 Å². The van der Waals surface area contributed by atoms with Crippen molar-refractivity contribution in [2.24, 2.45) is 5.41 Å². The number of hydrogen-bond donors (Lipinski definition) is 5. The summed E-state index contributed by atoms with van der Waals surface area (Å²) in [5, 5.41) is 36.1. The first-order valence-electron chi connectivity index (χ1n) is 9.63. The fourth-order valence-electron chi connectivity index (χ4n) is 2.81. The standard InChI is InChI=1S/C21H30N2O6S/c1-21(2,3)10-9-14(24)16(25)17(26)18(29-4)20(28)23-13-11-30-15-8-6-5-7-12(15)22-19(13)27/h5-10,13-14,16-18,24-26H,11H2,1-4H3,(H,22,27)(H,23,28)/t13?,14-,16+,17-,18-/m1/s1. The minimum atomic E-state index is -1.70. The molecule has 1 heterocycles. The van der Waals surface area contributed by atoms with Gasteiger partial charge in [0.1, 0.15) is 24.4 Å². The molecule has 0 spiro atoms. The average Bonchev–Trinajstić information content (AvgIpc) is 2.84. The second-order valence-corrected chi connectivity index (χ2v) is 9.27. The topological polar surface area (TPSA) is 128 Å². The van der Waals surface area contributed by atoms with Crippen LogP contribution in [0.5, 0.6) is 0 Å². The highest BCUT2D eigenvalue weighted by atomic mass is 32.2. The monoisotopic (exact) mass is 438 g/mol. The van der Waals surface area contributed by atoms with E-state index in [1.165, 1.54) is 24.9 Å². The van der Waals surface area contributed by atoms with E-state index in [1.54, 1.807) is 18.2 Å². The van der Waals surface area contributed by atoms with Crippen molar-refractivity contribution in [3.63, 3.8) is 0 Å². The number of anilines is 1. The maximum atomic E-state index is 12.7. The van der Waals surface area contributed by atoms with E-state index < -0.39 is 36.4 Å². The Morgan fingerprint density at radius 1 is 1.27 bits per heavy atom. The SMILES string of the molecule is CO[C@@H](C(=O)NC1CSc2ccccc2NC1=O)[C@H](O)[C@@H](O)[C@H](O)C=CC(C)(C)C. The molecule has 0 bridgehead atoms. The maximum absolute atomic E-state index is 12.7. The van der Waals surface area contributed by atoms with E-state index in [2.05, 4.69) is 10.6 Å². The zero-order valence-electron chi connectivity index (χ0n) is 17.5. The zero-order valence-corrected chi connectivity index (χ0v) is 18.3. The third kappa shape index (κ3) is 6.55. The summed E-state index contributed by atoms with van der Waals surface area (Å²) < 4.78 is 5.06. The van der Waals surface area contributed by atoms with E-state index in [4.69, 9.17) is 4.74 Å². The lowest BCUT2D eigenvalue weighted by molar-refractivity contribution is -0.150. The number of rotatable bonds is 7. The van der Waals surface area contributed by atoms with Gasteiger partial charge in [-0.25, -0.2) is 0 Å². The normalized spacial score (nSPS) is 21.2. The lowest BCUT2D eigenvalue weighted by atomic mass is 9.94. The number of carbonyl (C=O) groups is 2. The van der Waals surface area contributed by atoms with Gasteiger partial charge in [0.25, 0.3) is 5.91 Å². The van der Waals surface area contributed by atoms with Gasteiger partial charge in [0.05, 0.1) is 5.69 Å². The van der Waals surface area contributed by atoms with Gasteiger partial charge in [-0.3, -0.25) is 9.59 Å². The number of ether oxygens (including phenoxy) is 1. The Morgan fingerprint density at radius 2 is 1.93 bits per heavy atom. The number of benzene rings is 1. The minimum absolute atomic E-state index is 0.230. The van der Waals surface area contributed by atoms with Gasteiger partial charge in [-0.2, -0.15) is 0 Å². The number of fused-ring (bicyclic) bond motifs is 1. The Hall–Kier alpha value is -1.91. The minimum Gasteiger partial charge on any atom is -0.387 e. The molecule has 2 amide bonds. The molecular weight excluding hydrogens is 408 g/mol. The predicted molar refractivity (Wildman–Crippen MR) is 115 cm³/mol. The highest BCUT2D eigenvalue weighted by Crippen LogP contribution is 2.30. The van der Waals surface area contributed by atoms with E-state index in [0.717, 1.165) is 4.90 Å². The number of nitrogens with one attached hydrogen (secondary N) is 2. The van der Waals surface area contributed by atoms with E-state index in [1.807, 2.05) is 32.9 Å². The number of aliphatic hydroxyl groups is 3. The molecule has 0 fully saturated rings. The first kappa shape index (κ1) is 24.4. The molecule has 0 radical (unpaired) electrons. The van der Waals surface area contributed by atoms with Crippen LogP contribution in [0.3, 0.4) is 0 Å². The number of para-hydroxylation sites is 1. The number of amides is 2. The zero-order chi connectivity index (χ0) is 22.5. The van der Waals surface area contributed by atoms with E-state index in [9.17, 15) is 24.9 Å². The van der Waals surface area contributed by atoms with Crippen molar-refractivity contribution in [2.45, 2.75) is 56.1 Å². The van der Waals surface area contributed by atoms with Gasteiger partial charge in [-0.05, 0) is 17.5 Å². The van der Waals surface area contributed by atoms with Crippen LogP contribution in [0.25, 0.3) is 0 Å². The van der Waals surface area contributed by atoms with Gasteiger partial charge in [0, 0.05) is 17.8 Å². The number of allylic oxidation sites excluding steroid dienone is 1. The predicted octanol–water partition coefficient (Wildman–Crippen LogP) is 0.916. The molecule has 1 aliphatic rings. The highest BCUT2D eigenvalue weighted by molar-refractivity contribution is 7.99. The van der Waals surface area contributed by atoms with Crippen molar-refractivity contribution < 1.29 is 29.6 Å². The second kappa shape index (κ2) is 10.4. The quantitative estimate of drug-likeness (QED) is 0.401. The van der Waals surface area contributed by atoms with Crippen LogP contribution in [0.15, 0.2) is 41.3 Å². The maximum Gasteiger partial charge on any atom is 0.252 e. The van der Waals surface area contributed by atoms with Crippen molar-refractivity contribution in [1.82, 2.24) is 5.32 Å². The molecule has 30 heavy (non-hydrogen) atoms. The molecule has 0 saturated carbocycles. The summed E-state index contributed by atoms with van der Waals surface area (Å²) in [4.78, 5) is 26.0. The average molecular weight is 439 g/mol. The van der Waals surface area contributed by atoms with Crippen molar-refractivity contribution in [3.8, 4) is 0 Å². The third-order valence-corrected chi connectivity index (χ3v) is 5.67. The van der Waals surface area contributed by atoms with Crippen molar-refractivity contribution in [3.05, 3.63) is 36.4 Å². The molecule has 1 aromatic carbocycles. The van der Waals surface area contributed by atoms with Crippen molar-refractivity contribution in [1.29, 1.82) is 0 Å². The molecule has 0 aromatic heterocycles. The summed E-state index contributed by atoms with van der Waals surface area (Å²) in [6.45, 7) is 5.75. The summed E-state index contributed by atoms with van der Waals surface area (Å²) in [6, 6.07) is 6.44. The molecule has 5 N–H and O–H groups in total. The van der Waals surface area contributed by atoms with Gasteiger partial charge in [0.2, 0.25) is 5.91 Å². The molecular formula is C21H30N2O6S. The molecule has 0 aliphatic carbocycles. The molecule has 1 aromatic rings. The fraction of sp³-hybridized carbons (Fsp3) is 0.524. The number of carbonyl (C=O) groups excluding carboxylic acids is 2. The number of methoxy groups -OCH3 is 1. The Kier molecular flexibility index (Phi) is 8.45. The van der Waals surface area contributed by atoms with Crippen LogP contribution in [-0.4, -0.2) is 70.5 Å². The smallest absolute Gasteiger partial charge is 0.252 e. The molecule has 5 atom stereocenters. The summed E-state index contributed by atoms with van der Waals surface area (Å²) in [6.07, 6.45) is -3.16. The van der Waals surface area contributed by atoms with E-state index in [-0.39, 0.29) is 11.3 Å². The lowest BCUT2D eigenvalue weighted by Crippen LogP contribution is -2.55. The Labute approximate surface area is 180 Å². The Balaban J connectivity index is 2.03. The first-order chi connectivity index (χ1) is 14.0. The van der Waals surface area contributed by atoms with Crippen LogP contribution in [0, 0.1) is 5.41 Å². The molecule has 166 valence electrons. The summed E-state index contributed by atoms with van der Waals surface area (Å²) in [5.74, 6) is -0.859. The largest absolute Gasteiger partial charge is 0.387 e. The second-order valence-electron chi connectivity index (χ2n) is 8.21. The Bertz CT molecular complexity index is 779. The molecule has 1 unspecified atom stereocenters. The van der Waals surface area contributed by atoms with Crippen LogP contribution >= 0.6 is 11.8 Å². The summed E-state index contributed by atoms with van der Waals surface area (Å²) in [5.41, 5.74) is 0.433. The van der Waals surface area contributed by atoms with Crippen LogP contribution in [-0.2, 0) is 14.3 Å². The van der Waals surface area contributed by atoms with Crippen LogP contribution in [0.4, 0.5) is 5.69 Å². The van der Waals surface area contributed by atoms with E-state index in [0.29, 0.717) is 11.4 Å². The molecule has 2 rings (SSSR count).